The van der Waals surface area contributed by atoms with E-state index < -0.39 is 0 Å². The van der Waals surface area contributed by atoms with Crippen LogP contribution in [0.25, 0.3) is 0 Å². The number of hydrogen-bond acceptors (Lipinski definition) is 0. The number of benzene rings is 1. The van der Waals surface area contributed by atoms with Crippen molar-refractivity contribution in [1.82, 2.24) is 0 Å². The first-order valence-electron chi connectivity index (χ1n) is 4.46. The normalized spacial score (nSPS) is 28.5. The minimum Gasteiger partial charge on any atom is -0.0651 e. The van der Waals surface area contributed by atoms with E-state index in [1.807, 2.05) is 0 Å². The van der Waals surface area contributed by atoms with Gasteiger partial charge in [0.1, 0.15) is 0 Å². The Morgan fingerprint density at radius 1 is 1.27 bits per heavy atom. The number of rotatable bonds is 2. The van der Waals surface area contributed by atoms with Crippen LogP contribution in [0.2, 0.25) is 0 Å². The molecule has 11 heavy (non-hydrogen) atoms. The predicted molar refractivity (Wildman–Crippen MR) is 47.6 cm³/mol. The summed E-state index contributed by atoms with van der Waals surface area (Å²) in [5, 5.41) is 0. The average Bonchev–Trinajstić information content (AvgIpc) is 2.85. The van der Waals surface area contributed by atoms with Crippen molar-refractivity contribution < 1.29 is 0 Å². The second-order valence-electron chi connectivity index (χ2n) is 3.42. The largest absolute Gasteiger partial charge is 0.0651 e. The van der Waals surface area contributed by atoms with Gasteiger partial charge in [0.05, 0.1) is 0 Å². The minimum atomic E-state index is 0.890. The standard InChI is InChI=1S/C11H14/c1-2-9-8-11(9)10-6-4-3-5-7-10/h3-7,9,11H,2,8H2,1H3/t9-,11-/m1/s1. The summed E-state index contributed by atoms with van der Waals surface area (Å²) in [4.78, 5) is 0. The van der Waals surface area contributed by atoms with E-state index in [1.54, 1.807) is 5.56 Å². The molecule has 0 heterocycles. The van der Waals surface area contributed by atoms with Crippen molar-refractivity contribution in [3.05, 3.63) is 35.9 Å². The highest BCUT2D eigenvalue weighted by molar-refractivity contribution is 5.25. The van der Waals surface area contributed by atoms with Crippen LogP contribution in [0.15, 0.2) is 30.3 Å². The summed E-state index contributed by atoms with van der Waals surface area (Å²) in [6.45, 7) is 2.29. The molecule has 2 atom stereocenters. The molecule has 1 aromatic carbocycles. The van der Waals surface area contributed by atoms with Gasteiger partial charge in [-0.05, 0) is 23.8 Å². The van der Waals surface area contributed by atoms with Gasteiger partial charge in [-0.1, -0.05) is 43.7 Å². The Morgan fingerprint density at radius 2 is 2.00 bits per heavy atom. The van der Waals surface area contributed by atoms with E-state index >= 15 is 0 Å². The first kappa shape index (κ1) is 6.90. The Balaban J connectivity index is 2.09. The van der Waals surface area contributed by atoms with Crippen molar-refractivity contribution in [2.75, 3.05) is 0 Å². The van der Waals surface area contributed by atoms with Gasteiger partial charge in [0.15, 0.2) is 0 Å². The fourth-order valence-corrected chi connectivity index (χ4v) is 1.81. The first-order chi connectivity index (χ1) is 5.42. The van der Waals surface area contributed by atoms with Crippen LogP contribution in [0.5, 0.6) is 0 Å². The van der Waals surface area contributed by atoms with Crippen LogP contribution < -0.4 is 0 Å². The van der Waals surface area contributed by atoms with Crippen LogP contribution in [0, 0.1) is 5.92 Å². The van der Waals surface area contributed by atoms with Crippen LogP contribution in [-0.2, 0) is 0 Å². The topological polar surface area (TPSA) is 0 Å². The van der Waals surface area contributed by atoms with E-state index in [0.29, 0.717) is 0 Å². The summed E-state index contributed by atoms with van der Waals surface area (Å²) in [5.41, 5.74) is 1.54. The Morgan fingerprint density at radius 3 is 2.55 bits per heavy atom. The van der Waals surface area contributed by atoms with E-state index in [4.69, 9.17) is 0 Å². The molecule has 0 radical (unpaired) electrons. The molecule has 1 aliphatic carbocycles. The van der Waals surface area contributed by atoms with Crippen molar-refractivity contribution in [2.24, 2.45) is 5.92 Å². The maximum absolute atomic E-state index is 2.29. The molecule has 0 saturated heterocycles. The van der Waals surface area contributed by atoms with Crippen molar-refractivity contribution >= 4 is 0 Å². The monoisotopic (exact) mass is 146 g/mol. The van der Waals surface area contributed by atoms with Crippen molar-refractivity contribution in [1.29, 1.82) is 0 Å². The minimum absolute atomic E-state index is 0.890. The highest BCUT2D eigenvalue weighted by Crippen LogP contribution is 2.49. The van der Waals surface area contributed by atoms with Gasteiger partial charge in [-0.25, -0.2) is 0 Å². The molecule has 0 unspecified atom stereocenters. The zero-order valence-corrected chi connectivity index (χ0v) is 6.96. The summed E-state index contributed by atoms with van der Waals surface area (Å²) in [5.74, 6) is 1.87. The molecule has 2 rings (SSSR count). The Bertz CT molecular complexity index is 225. The third kappa shape index (κ3) is 1.30. The lowest BCUT2D eigenvalue weighted by Gasteiger charge is -1.96. The zero-order chi connectivity index (χ0) is 7.68. The smallest absolute Gasteiger partial charge is 0.0131 e. The molecule has 0 amide bonds. The second-order valence-corrected chi connectivity index (χ2v) is 3.42. The van der Waals surface area contributed by atoms with Gasteiger partial charge >= 0.3 is 0 Å². The SMILES string of the molecule is CC[C@@H]1C[C@H]1c1ccccc1. The van der Waals surface area contributed by atoms with Crippen molar-refractivity contribution in [3.63, 3.8) is 0 Å². The summed E-state index contributed by atoms with van der Waals surface area (Å²) in [6.07, 6.45) is 2.76. The third-order valence-electron chi connectivity index (χ3n) is 2.67. The molecule has 1 aromatic rings. The molecule has 0 nitrogen and oxygen atoms in total. The summed E-state index contributed by atoms with van der Waals surface area (Å²) < 4.78 is 0. The van der Waals surface area contributed by atoms with Crippen LogP contribution in [0.1, 0.15) is 31.2 Å². The van der Waals surface area contributed by atoms with Crippen LogP contribution >= 0.6 is 0 Å². The lowest BCUT2D eigenvalue weighted by molar-refractivity contribution is 0.766. The molecule has 0 N–H and O–H groups in total. The molecule has 1 fully saturated rings. The van der Waals surface area contributed by atoms with Gasteiger partial charge in [0.2, 0.25) is 0 Å². The summed E-state index contributed by atoms with van der Waals surface area (Å²) in [7, 11) is 0. The Labute approximate surface area is 68.3 Å². The van der Waals surface area contributed by atoms with E-state index in [2.05, 4.69) is 37.3 Å². The molecule has 1 saturated carbocycles. The van der Waals surface area contributed by atoms with E-state index in [-0.39, 0.29) is 0 Å². The van der Waals surface area contributed by atoms with Gasteiger partial charge < -0.3 is 0 Å². The highest BCUT2D eigenvalue weighted by Gasteiger charge is 2.35. The van der Waals surface area contributed by atoms with Crippen molar-refractivity contribution in [2.45, 2.75) is 25.7 Å². The molecule has 58 valence electrons. The molecule has 0 spiro atoms. The quantitative estimate of drug-likeness (QED) is 0.601. The maximum atomic E-state index is 2.29. The number of hydrogen-bond donors (Lipinski definition) is 0. The van der Waals surface area contributed by atoms with E-state index in [1.165, 1.54) is 12.8 Å². The molecule has 0 aromatic heterocycles. The molecular formula is C11H14. The van der Waals surface area contributed by atoms with E-state index in [0.717, 1.165) is 11.8 Å². The Hall–Kier alpha value is -0.780. The van der Waals surface area contributed by atoms with Gasteiger partial charge in [-0.2, -0.15) is 0 Å². The van der Waals surface area contributed by atoms with Gasteiger partial charge in [-0.15, -0.1) is 0 Å². The van der Waals surface area contributed by atoms with Gasteiger partial charge in [0, 0.05) is 0 Å². The maximum Gasteiger partial charge on any atom is -0.0131 e. The van der Waals surface area contributed by atoms with Gasteiger partial charge in [0.25, 0.3) is 0 Å². The lowest BCUT2D eigenvalue weighted by atomic mass is 10.1. The molecule has 1 aliphatic rings. The average molecular weight is 146 g/mol. The Kier molecular flexibility index (Phi) is 1.69. The molecule has 0 bridgehead atoms. The second kappa shape index (κ2) is 2.69. The zero-order valence-electron chi connectivity index (χ0n) is 6.96. The summed E-state index contributed by atoms with van der Waals surface area (Å²) >= 11 is 0. The lowest BCUT2D eigenvalue weighted by Crippen LogP contribution is -1.80. The molecule has 0 aliphatic heterocycles. The van der Waals surface area contributed by atoms with Crippen LogP contribution in [0.3, 0.4) is 0 Å². The van der Waals surface area contributed by atoms with Crippen LogP contribution in [-0.4, -0.2) is 0 Å². The molecule has 0 heteroatoms. The third-order valence-corrected chi connectivity index (χ3v) is 2.67. The highest BCUT2D eigenvalue weighted by atomic mass is 14.4. The van der Waals surface area contributed by atoms with Crippen LogP contribution in [0.4, 0.5) is 0 Å². The molecular weight excluding hydrogens is 132 g/mol. The summed E-state index contributed by atoms with van der Waals surface area (Å²) in [6, 6.07) is 10.9. The first-order valence-corrected chi connectivity index (χ1v) is 4.46. The van der Waals surface area contributed by atoms with E-state index in [9.17, 15) is 0 Å². The predicted octanol–water partition coefficient (Wildman–Crippen LogP) is 3.20. The fourth-order valence-electron chi connectivity index (χ4n) is 1.81. The fraction of sp³-hybridized carbons (Fsp3) is 0.455. The van der Waals surface area contributed by atoms with Gasteiger partial charge in [-0.3, -0.25) is 0 Å². The van der Waals surface area contributed by atoms with Crippen molar-refractivity contribution in [3.8, 4) is 0 Å².